The predicted octanol–water partition coefficient (Wildman–Crippen LogP) is 15.1. The number of allylic oxidation sites excluding steroid dienone is 3. The first kappa shape index (κ1) is 35.9. The fourth-order valence-electron chi connectivity index (χ4n) is 12.7. The average molecular weight is 802 g/mol. The van der Waals surface area contributed by atoms with Crippen LogP contribution in [0.1, 0.15) is 63.8 Å². The molecular formula is C59H47NO2. The minimum atomic E-state index is -0.558. The Bertz CT molecular complexity index is 3360. The van der Waals surface area contributed by atoms with E-state index in [0.717, 1.165) is 50.3 Å². The summed E-state index contributed by atoms with van der Waals surface area (Å²) in [6, 6.07) is 55.6. The van der Waals surface area contributed by atoms with E-state index in [4.69, 9.17) is 9.15 Å². The van der Waals surface area contributed by atoms with E-state index < -0.39 is 11.0 Å². The summed E-state index contributed by atoms with van der Waals surface area (Å²) >= 11 is 0. The van der Waals surface area contributed by atoms with Gasteiger partial charge in [-0.25, -0.2) is 0 Å². The quantitative estimate of drug-likeness (QED) is 0.166. The van der Waals surface area contributed by atoms with Crippen LogP contribution < -0.4 is 9.64 Å². The first-order chi connectivity index (χ1) is 30.0. The topological polar surface area (TPSA) is 25.6 Å². The van der Waals surface area contributed by atoms with Crippen LogP contribution in [-0.4, -0.2) is 5.54 Å². The van der Waals surface area contributed by atoms with Crippen molar-refractivity contribution in [2.24, 2.45) is 5.92 Å². The van der Waals surface area contributed by atoms with Crippen molar-refractivity contribution in [1.82, 2.24) is 0 Å². The van der Waals surface area contributed by atoms with Crippen molar-refractivity contribution in [3.05, 3.63) is 209 Å². The van der Waals surface area contributed by atoms with E-state index in [1.807, 2.05) is 0 Å². The second-order valence-electron chi connectivity index (χ2n) is 19.3. The summed E-state index contributed by atoms with van der Waals surface area (Å²) in [6.07, 6.45) is 7.41. The van der Waals surface area contributed by atoms with Gasteiger partial charge < -0.3 is 14.1 Å². The van der Waals surface area contributed by atoms with Crippen LogP contribution in [0, 0.1) is 5.92 Å². The molecule has 0 amide bonds. The maximum atomic E-state index is 7.63. The second-order valence-corrected chi connectivity index (χ2v) is 19.3. The standard InChI is InChI=1S/C59H47NO2/c1-35-30-31-57(4)44-21-13-14-22-47(44)60(39-27-24-37(25-28-39)36-16-8-7-9-17-36)58(5)34-50-59(6,53(35)55(57)58)46-33-49-52(42-19-11-15-23-48(42)61-49)51(54(46)62-50)38-26-29-41-40-18-10-12-20-43(40)56(2,3)45(41)32-38/h7-35H,1-6H3. The van der Waals surface area contributed by atoms with Gasteiger partial charge in [-0.3, -0.25) is 0 Å². The minimum absolute atomic E-state index is 0.149. The molecule has 4 unspecified atom stereocenters. The molecule has 0 N–H and O–H groups in total. The molecule has 0 spiro atoms. The van der Waals surface area contributed by atoms with Crippen molar-refractivity contribution in [3.63, 3.8) is 0 Å². The van der Waals surface area contributed by atoms with Gasteiger partial charge in [0.15, 0.2) is 0 Å². The number of furan rings is 1. The number of ether oxygens (including phenoxy) is 1. The Labute approximate surface area is 363 Å². The zero-order chi connectivity index (χ0) is 41.9. The summed E-state index contributed by atoms with van der Waals surface area (Å²) in [5.74, 6) is 2.07. The highest BCUT2D eigenvalue weighted by atomic mass is 16.5. The first-order valence-electron chi connectivity index (χ1n) is 22.2. The lowest BCUT2D eigenvalue weighted by Crippen LogP contribution is -2.58. The van der Waals surface area contributed by atoms with E-state index in [1.54, 1.807) is 0 Å². The van der Waals surface area contributed by atoms with Gasteiger partial charge in [0.25, 0.3) is 0 Å². The molecule has 8 aromatic rings. The molecule has 3 heterocycles. The van der Waals surface area contributed by atoms with E-state index in [1.165, 1.54) is 61.3 Å². The monoisotopic (exact) mass is 801 g/mol. The highest BCUT2D eigenvalue weighted by Crippen LogP contribution is 2.67. The molecule has 300 valence electrons. The Kier molecular flexibility index (Phi) is 6.92. The molecule has 0 saturated heterocycles. The third-order valence-corrected chi connectivity index (χ3v) is 15.6. The fourth-order valence-corrected chi connectivity index (χ4v) is 12.7. The zero-order valence-electron chi connectivity index (χ0n) is 36.0. The van der Waals surface area contributed by atoms with Crippen molar-refractivity contribution < 1.29 is 9.15 Å². The predicted molar refractivity (Wildman–Crippen MR) is 254 cm³/mol. The second kappa shape index (κ2) is 12.0. The van der Waals surface area contributed by atoms with Gasteiger partial charge in [0.05, 0.1) is 11.0 Å². The molecular weight excluding hydrogens is 755 g/mol. The molecule has 0 fully saturated rings. The van der Waals surface area contributed by atoms with Crippen LogP contribution in [0.3, 0.4) is 0 Å². The van der Waals surface area contributed by atoms with E-state index in [2.05, 4.69) is 216 Å². The summed E-state index contributed by atoms with van der Waals surface area (Å²) in [5, 5.41) is 2.21. The van der Waals surface area contributed by atoms with Gasteiger partial charge in [0.1, 0.15) is 22.7 Å². The fraction of sp³-hybridized carbons (Fsp3) is 0.186. The van der Waals surface area contributed by atoms with Gasteiger partial charge in [0, 0.05) is 44.1 Å². The highest BCUT2D eigenvalue weighted by Gasteiger charge is 2.61. The van der Waals surface area contributed by atoms with Crippen molar-refractivity contribution in [2.45, 2.75) is 63.3 Å². The summed E-state index contributed by atoms with van der Waals surface area (Å²) in [5.41, 5.74) is 17.9. The number of rotatable bonds is 3. The van der Waals surface area contributed by atoms with Gasteiger partial charge in [0.2, 0.25) is 0 Å². The van der Waals surface area contributed by atoms with Crippen LogP contribution in [0.5, 0.6) is 5.75 Å². The number of para-hydroxylation sites is 2. The maximum Gasteiger partial charge on any atom is 0.140 e. The number of anilines is 2. The molecule has 0 radical (unpaired) electrons. The third kappa shape index (κ3) is 4.36. The molecule has 5 aliphatic rings. The number of fused-ring (bicyclic) bond motifs is 12. The van der Waals surface area contributed by atoms with Gasteiger partial charge in [-0.1, -0.05) is 148 Å². The first-order valence-corrected chi connectivity index (χ1v) is 22.2. The smallest absolute Gasteiger partial charge is 0.140 e. The van der Waals surface area contributed by atoms with Gasteiger partial charge in [-0.05, 0) is 125 Å². The molecule has 7 aromatic carbocycles. The Morgan fingerprint density at radius 2 is 1.26 bits per heavy atom. The lowest BCUT2D eigenvalue weighted by atomic mass is 9.52. The number of hydrogen-bond acceptors (Lipinski definition) is 3. The summed E-state index contributed by atoms with van der Waals surface area (Å²) in [6.45, 7) is 14.4. The van der Waals surface area contributed by atoms with E-state index in [0.29, 0.717) is 0 Å². The zero-order valence-corrected chi connectivity index (χ0v) is 36.0. The number of benzene rings is 7. The normalized spacial score (nSPS) is 24.5. The van der Waals surface area contributed by atoms with Gasteiger partial charge in [-0.15, -0.1) is 0 Å². The molecule has 1 aromatic heterocycles. The molecule has 62 heavy (non-hydrogen) atoms. The number of nitrogens with zero attached hydrogens (tertiary/aromatic N) is 1. The maximum absolute atomic E-state index is 7.63. The molecule has 3 aliphatic carbocycles. The molecule has 0 bridgehead atoms. The molecule has 13 rings (SSSR count). The largest absolute Gasteiger partial charge is 0.460 e. The summed E-state index contributed by atoms with van der Waals surface area (Å²) in [7, 11) is 0. The lowest BCUT2D eigenvalue weighted by molar-refractivity contribution is 0.349. The Morgan fingerprint density at radius 3 is 2.08 bits per heavy atom. The van der Waals surface area contributed by atoms with Gasteiger partial charge in [-0.2, -0.15) is 0 Å². The highest BCUT2D eigenvalue weighted by molar-refractivity contribution is 6.15. The Balaban J connectivity index is 1.08. The van der Waals surface area contributed by atoms with Crippen LogP contribution in [0.2, 0.25) is 0 Å². The van der Waals surface area contributed by atoms with Gasteiger partial charge >= 0.3 is 0 Å². The van der Waals surface area contributed by atoms with Crippen molar-refractivity contribution in [2.75, 3.05) is 4.90 Å². The van der Waals surface area contributed by atoms with Crippen LogP contribution in [0.4, 0.5) is 11.4 Å². The van der Waals surface area contributed by atoms with Crippen LogP contribution in [0.25, 0.3) is 55.3 Å². The SMILES string of the molecule is CC1C=CC2(C)C3=C1C1(C)C(=CC3(C)N(c3ccc(-c4ccccc4)cc3)c3ccccc32)Oc2c1cc1oc3ccccc3c1c2-c1ccc2c(c1)C(C)(C)c1ccccc1-2. The van der Waals surface area contributed by atoms with Crippen molar-refractivity contribution in [1.29, 1.82) is 0 Å². The number of hydrogen-bond donors (Lipinski definition) is 0. The third-order valence-electron chi connectivity index (χ3n) is 15.6. The Morgan fingerprint density at radius 1 is 0.581 bits per heavy atom. The van der Waals surface area contributed by atoms with Crippen LogP contribution in [-0.2, 0) is 16.2 Å². The summed E-state index contributed by atoms with van der Waals surface area (Å²) < 4.78 is 14.5. The van der Waals surface area contributed by atoms with Crippen LogP contribution >= 0.6 is 0 Å². The average Bonchev–Trinajstić information content (AvgIpc) is 3.88. The van der Waals surface area contributed by atoms with E-state index in [9.17, 15) is 0 Å². The summed E-state index contributed by atoms with van der Waals surface area (Å²) in [4.78, 5) is 2.58. The Hall–Kier alpha value is -6.84. The van der Waals surface area contributed by atoms with E-state index >= 15 is 0 Å². The van der Waals surface area contributed by atoms with Crippen molar-refractivity contribution in [3.8, 4) is 39.1 Å². The molecule has 3 nitrogen and oxygen atoms in total. The molecule has 0 saturated carbocycles. The molecule has 4 atom stereocenters. The van der Waals surface area contributed by atoms with Crippen molar-refractivity contribution >= 4 is 33.3 Å². The lowest BCUT2D eigenvalue weighted by Gasteiger charge is -2.59. The molecule has 2 aliphatic heterocycles. The van der Waals surface area contributed by atoms with Crippen LogP contribution in [0.15, 0.2) is 191 Å². The van der Waals surface area contributed by atoms with E-state index in [-0.39, 0.29) is 16.7 Å². The molecule has 3 heteroatoms. The minimum Gasteiger partial charge on any atom is -0.460 e.